The van der Waals surface area contributed by atoms with Crippen molar-refractivity contribution in [1.82, 2.24) is 0 Å². The molecule has 0 saturated carbocycles. The lowest BCUT2D eigenvalue weighted by atomic mass is 9.92. The largest absolute Gasteiger partial charge is 0.465 e. The van der Waals surface area contributed by atoms with E-state index in [4.69, 9.17) is 18.6 Å². The summed E-state index contributed by atoms with van der Waals surface area (Å²) in [5.41, 5.74) is 0.486. The Balaban J connectivity index is 2.90. The van der Waals surface area contributed by atoms with E-state index >= 15 is 0 Å². The van der Waals surface area contributed by atoms with E-state index in [0.717, 1.165) is 5.56 Å². The van der Waals surface area contributed by atoms with E-state index in [1.807, 2.05) is 58.0 Å². The second-order valence-electron chi connectivity index (χ2n) is 13.2. The number of rotatable bonds is 15. The average Bonchev–Trinajstić information content (AvgIpc) is 2.79. The van der Waals surface area contributed by atoms with Gasteiger partial charge in [0, 0.05) is 13.7 Å². The smallest absolute Gasteiger partial charge is 0.311 e. The van der Waals surface area contributed by atoms with Gasteiger partial charge in [-0.25, -0.2) is 0 Å². The zero-order valence-corrected chi connectivity index (χ0v) is 26.3. The van der Waals surface area contributed by atoms with Crippen LogP contribution in [0.1, 0.15) is 73.8 Å². The van der Waals surface area contributed by atoms with Crippen molar-refractivity contribution in [3.8, 4) is 0 Å². The normalized spacial score (nSPS) is 17.1. The summed E-state index contributed by atoms with van der Waals surface area (Å²) in [6.45, 7) is 22.2. The monoisotopic (exact) mass is 538 g/mol. The van der Waals surface area contributed by atoms with Crippen LogP contribution in [-0.2, 0) is 30.0 Å². The lowest BCUT2D eigenvalue weighted by Gasteiger charge is -2.38. The van der Waals surface area contributed by atoms with Gasteiger partial charge in [-0.2, -0.15) is 0 Å². The Bertz CT molecular complexity index is 784. The van der Waals surface area contributed by atoms with E-state index in [2.05, 4.69) is 40.8 Å². The minimum atomic E-state index is -1.85. The van der Waals surface area contributed by atoms with Crippen LogP contribution in [0.15, 0.2) is 30.3 Å². The molecule has 0 spiro atoms. The summed E-state index contributed by atoms with van der Waals surface area (Å²) in [4.78, 5) is 12.2. The van der Waals surface area contributed by atoms with Crippen molar-refractivity contribution in [2.75, 3.05) is 20.3 Å². The molecule has 0 saturated heterocycles. The Morgan fingerprint density at radius 3 is 2.03 bits per heavy atom. The molecule has 5 atom stereocenters. The average molecular weight is 539 g/mol. The quantitative estimate of drug-likeness (QED) is 0.200. The lowest BCUT2D eigenvalue weighted by Crippen LogP contribution is -2.44. The van der Waals surface area contributed by atoms with E-state index in [0.29, 0.717) is 26.1 Å². The highest BCUT2D eigenvalue weighted by atomic mass is 28.4. The van der Waals surface area contributed by atoms with Crippen molar-refractivity contribution in [3.63, 3.8) is 0 Å². The summed E-state index contributed by atoms with van der Waals surface area (Å²) in [6.07, 6.45) is -0.464. The van der Waals surface area contributed by atoms with E-state index in [1.165, 1.54) is 0 Å². The molecule has 0 unspecified atom stereocenters. The summed E-state index contributed by atoms with van der Waals surface area (Å²) >= 11 is 0. The molecule has 0 aliphatic rings. The second-order valence-corrected chi connectivity index (χ2v) is 18.0. The van der Waals surface area contributed by atoms with Crippen LogP contribution in [0.3, 0.4) is 0 Å². The topological polar surface area (TPSA) is 74.2 Å². The van der Waals surface area contributed by atoms with Crippen molar-refractivity contribution in [3.05, 3.63) is 35.9 Å². The Labute approximate surface area is 227 Å². The highest BCUT2D eigenvalue weighted by Crippen LogP contribution is 2.37. The van der Waals surface area contributed by atoms with E-state index in [1.54, 1.807) is 7.11 Å². The maximum absolute atomic E-state index is 12.2. The van der Waals surface area contributed by atoms with E-state index in [9.17, 15) is 9.90 Å². The van der Waals surface area contributed by atoms with Crippen molar-refractivity contribution < 1.29 is 28.5 Å². The van der Waals surface area contributed by atoms with Gasteiger partial charge in [-0.15, -0.1) is 0 Å². The number of hydrogen-bond acceptors (Lipinski definition) is 6. The Morgan fingerprint density at radius 2 is 1.51 bits per heavy atom. The molecule has 1 rings (SSSR count). The van der Waals surface area contributed by atoms with Gasteiger partial charge in [0.25, 0.3) is 0 Å². The molecule has 0 heterocycles. The van der Waals surface area contributed by atoms with Crippen molar-refractivity contribution in [1.29, 1.82) is 0 Å². The first-order valence-electron chi connectivity index (χ1n) is 13.7. The Kier molecular flexibility index (Phi) is 13.5. The molecule has 1 N–H and O–H groups in total. The standard InChI is InChI=1S/C30H54O6Si/c1-22(19-35-28(32)29(3,4)5)17-25(31)27(34-21-24-15-13-12-14-16-24)26(33-9)18-23(2)20-36-37(10,11)30(6,7)8/h12-16,22-23,25-27,31H,17-21H2,1-11H3/t22-,23-,25+,26+,27-/m1/s1. The number of methoxy groups -OCH3 is 1. The summed E-state index contributed by atoms with van der Waals surface area (Å²) in [7, 11) is -0.181. The highest BCUT2D eigenvalue weighted by Gasteiger charge is 2.38. The van der Waals surface area contributed by atoms with Crippen LogP contribution in [0.5, 0.6) is 0 Å². The van der Waals surface area contributed by atoms with Crippen LogP contribution in [-0.4, -0.2) is 58.0 Å². The predicted octanol–water partition coefficient (Wildman–Crippen LogP) is 6.61. The fraction of sp³-hybridized carbons (Fsp3) is 0.767. The number of carbonyl (C=O) groups excluding carboxylic acids is 1. The van der Waals surface area contributed by atoms with Gasteiger partial charge in [0.1, 0.15) is 6.10 Å². The van der Waals surface area contributed by atoms with Crippen LogP contribution in [0, 0.1) is 17.3 Å². The third-order valence-electron chi connectivity index (χ3n) is 7.26. The number of aliphatic hydroxyl groups excluding tert-OH is 1. The molecule has 6 nitrogen and oxygen atoms in total. The van der Waals surface area contributed by atoms with E-state index in [-0.39, 0.29) is 35.6 Å². The van der Waals surface area contributed by atoms with Gasteiger partial charge < -0.3 is 23.7 Å². The molecular weight excluding hydrogens is 484 g/mol. The molecule has 0 bridgehead atoms. The first kappa shape index (κ1) is 33.8. The molecule has 0 amide bonds. The third-order valence-corrected chi connectivity index (χ3v) is 11.8. The Hall–Kier alpha value is -1.25. The van der Waals surface area contributed by atoms with Crippen LogP contribution in [0.2, 0.25) is 18.1 Å². The summed E-state index contributed by atoms with van der Waals surface area (Å²) in [5.74, 6) is -0.0312. The number of carbonyl (C=O) groups is 1. The highest BCUT2D eigenvalue weighted by molar-refractivity contribution is 6.74. The number of aliphatic hydroxyl groups is 1. The first-order valence-corrected chi connectivity index (χ1v) is 16.6. The summed E-state index contributed by atoms with van der Waals surface area (Å²) in [5, 5.41) is 11.4. The van der Waals surface area contributed by atoms with Gasteiger partial charge in [-0.05, 0) is 69.1 Å². The van der Waals surface area contributed by atoms with Crippen molar-refractivity contribution in [2.24, 2.45) is 17.3 Å². The van der Waals surface area contributed by atoms with Crippen LogP contribution in [0.25, 0.3) is 0 Å². The molecular formula is C30H54O6Si. The van der Waals surface area contributed by atoms with E-state index < -0.39 is 25.9 Å². The number of ether oxygens (including phenoxy) is 3. The molecule has 1 aromatic carbocycles. The molecule has 7 heteroatoms. The SMILES string of the molecule is CO[C@@H](C[C@@H](C)CO[Si](C)(C)C(C)(C)C)[C@H](OCc1ccccc1)[C@@H](O)C[C@@H](C)COC(=O)C(C)(C)C. The molecule has 0 aliphatic heterocycles. The van der Waals surface area contributed by atoms with Gasteiger partial charge >= 0.3 is 5.97 Å². The van der Waals surface area contributed by atoms with Gasteiger partial charge in [-0.3, -0.25) is 4.79 Å². The van der Waals surface area contributed by atoms with Crippen molar-refractivity contribution >= 4 is 14.3 Å². The van der Waals surface area contributed by atoms with Gasteiger partial charge in [0.15, 0.2) is 8.32 Å². The van der Waals surface area contributed by atoms with Crippen molar-refractivity contribution in [2.45, 2.75) is 111 Å². The fourth-order valence-corrected chi connectivity index (χ4v) is 4.81. The number of hydrogen-bond donors (Lipinski definition) is 1. The van der Waals surface area contributed by atoms with Crippen LogP contribution >= 0.6 is 0 Å². The van der Waals surface area contributed by atoms with Gasteiger partial charge in [-0.1, -0.05) is 65.0 Å². The van der Waals surface area contributed by atoms with Crippen LogP contribution in [0.4, 0.5) is 0 Å². The molecule has 37 heavy (non-hydrogen) atoms. The second kappa shape index (κ2) is 14.8. The molecule has 214 valence electrons. The molecule has 0 radical (unpaired) electrons. The minimum Gasteiger partial charge on any atom is -0.465 e. The van der Waals surface area contributed by atoms with Crippen LogP contribution < -0.4 is 0 Å². The Morgan fingerprint density at radius 1 is 0.946 bits per heavy atom. The predicted molar refractivity (Wildman–Crippen MR) is 153 cm³/mol. The third kappa shape index (κ3) is 12.0. The fourth-order valence-electron chi connectivity index (χ4n) is 3.68. The molecule has 0 aliphatic carbocycles. The lowest BCUT2D eigenvalue weighted by molar-refractivity contribution is -0.155. The zero-order valence-electron chi connectivity index (χ0n) is 25.3. The van der Waals surface area contributed by atoms with Gasteiger partial charge in [0.05, 0.1) is 30.8 Å². The summed E-state index contributed by atoms with van der Waals surface area (Å²) in [6, 6.07) is 9.94. The molecule has 0 fully saturated rings. The number of benzene rings is 1. The minimum absolute atomic E-state index is 0.0269. The molecule has 0 aromatic heterocycles. The maximum Gasteiger partial charge on any atom is 0.311 e. The van der Waals surface area contributed by atoms with Gasteiger partial charge in [0.2, 0.25) is 0 Å². The zero-order chi connectivity index (χ0) is 28.4. The number of esters is 1. The molecule has 1 aromatic rings. The summed E-state index contributed by atoms with van der Waals surface area (Å²) < 4.78 is 24.1. The first-order chi connectivity index (χ1) is 17.0. The maximum atomic E-state index is 12.2.